The Labute approximate surface area is 683 Å². The zero-order valence-electron chi connectivity index (χ0n) is 74.0. The van der Waals surface area contributed by atoms with Crippen molar-refractivity contribution in [2.24, 2.45) is 0 Å². The summed E-state index contributed by atoms with van der Waals surface area (Å²) in [6, 6.07) is 8.65. The minimum absolute atomic E-state index is 0.00839. The van der Waals surface area contributed by atoms with Gasteiger partial charge in [0, 0.05) is 0 Å². The monoisotopic (exact) mass is 1540 g/mol. The van der Waals surface area contributed by atoms with Crippen molar-refractivity contribution in [1.29, 1.82) is 0 Å². The second kappa shape index (κ2) is 83.3. The minimum Gasteiger partial charge on any atom is -0.478 e. The van der Waals surface area contributed by atoms with E-state index in [0.29, 0.717) is 30.8 Å². The van der Waals surface area contributed by atoms with Crippen LogP contribution in [-0.2, 0) is 28.7 Å². The molecule has 2 aromatic carbocycles. The molecule has 2 N–H and O–H groups in total. The summed E-state index contributed by atoms with van der Waals surface area (Å²) in [7, 11) is 0. The van der Waals surface area contributed by atoms with Crippen molar-refractivity contribution in [3.8, 4) is 0 Å². The number of carbonyl (C=O) groups excluding carboxylic acids is 2. The number of rotatable bonds is 85. The third-order valence-corrected chi connectivity index (χ3v) is 23.8. The van der Waals surface area contributed by atoms with Gasteiger partial charge in [-0.15, -0.1) is 0 Å². The maximum absolute atomic E-state index is 12.8. The first-order valence-electron chi connectivity index (χ1n) is 49.3. The Kier molecular flexibility index (Phi) is 79.0. The second-order valence-electron chi connectivity index (χ2n) is 34.2. The number of benzene rings is 2. The van der Waals surface area contributed by atoms with Gasteiger partial charge in [0.05, 0.1) is 35.5 Å². The van der Waals surface area contributed by atoms with E-state index < -0.39 is 23.9 Å². The molecule has 0 amide bonds. The molecule has 0 bridgehead atoms. The standard InChI is InChI=1S/C58H106O4.C44H78O4/c1-4-7-10-13-16-19-22-25-28-29-32-35-38-41-44-47-50-54-53(49-46-43-40-37-34-31-27-24-21-18-15-12-9-6-3)52(51-55(57(59)60)56(54)58(61)62)48-45-42-39-36-33-30-26-23-20-17-14-11-8-5-2;1-3-5-7-9-11-13-15-17-19-21-23-25-27-29-31-35-39-47-43(45)41-37-33-34-38-42(41)44(46)48-40-36-32-30-28-26-24-22-20-18-16-14-12-10-8-6-4-2/h51H,4-50H2,1-3H3,(H,59,60)(H,61,62);33-34,37-38H,3-32,35-36,39-40H2,1-2H3. The molecule has 0 saturated heterocycles. The van der Waals surface area contributed by atoms with Crippen LogP contribution in [0.15, 0.2) is 30.3 Å². The summed E-state index contributed by atoms with van der Waals surface area (Å²) in [6.45, 7) is 12.2. The van der Waals surface area contributed by atoms with E-state index in [-0.39, 0.29) is 11.1 Å². The summed E-state index contributed by atoms with van der Waals surface area (Å²) in [5.41, 5.74) is 3.85. The molecule has 0 aliphatic carbocycles. The molecule has 0 saturated carbocycles. The minimum atomic E-state index is -1.10. The normalized spacial score (nSPS) is 11.4. The molecular weight excluding hydrogens is 1350 g/mol. The molecule has 0 aliphatic heterocycles. The van der Waals surface area contributed by atoms with Crippen LogP contribution in [0, 0.1) is 0 Å². The van der Waals surface area contributed by atoms with Crippen LogP contribution in [0.2, 0.25) is 0 Å². The number of aryl methyl sites for hydroxylation is 1. The molecule has 0 heterocycles. The molecular formula is C102H184O8. The Morgan fingerprint density at radius 1 is 0.227 bits per heavy atom. The van der Waals surface area contributed by atoms with Crippen LogP contribution in [0.1, 0.15) is 581 Å². The number of hydrogen-bond donors (Lipinski definition) is 2. The molecule has 0 atom stereocenters. The number of unbranched alkanes of at least 4 members (excludes halogenated alkanes) is 71. The fraction of sp³-hybridized carbons (Fsp3) is 0.843. The van der Waals surface area contributed by atoms with Crippen molar-refractivity contribution in [2.45, 2.75) is 542 Å². The van der Waals surface area contributed by atoms with Crippen molar-refractivity contribution in [3.05, 3.63) is 69.3 Å². The topological polar surface area (TPSA) is 127 Å². The van der Waals surface area contributed by atoms with Crippen LogP contribution < -0.4 is 0 Å². The molecule has 0 fully saturated rings. The fourth-order valence-corrected chi connectivity index (χ4v) is 16.5. The highest BCUT2D eigenvalue weighted by Crippen LogP contribution is 2.31. The number of carbonyl (C=O) groups is 4. The van der Waals surface area contributed by atoms with E-state index in [1.165, 1.54) is 429 Å². The highest BCUT2D eigenvalue weighted by Gasteiger charge is 2.26. The quantitative estimate of drug-likeness (QED) is 0.0495. The molecule has 110 heavy (non-hydrogen) atoms. The van der Waals surface area contributed by atoms with E-state index in [9.17, 15) is 29.4 Å². The van der Waals surface area contributed by atoms with Crippen LogP contribution in [-0.4, -0.2) is 47.3 Å². The molecule has 8 nitrogen and oxygen atoms in total. The van der Waals surface area contributed by atoms with E-state index in [1.54, 1.807) is 30.3 Å². The molecule has 0 aliphatic rings. The Bertz CT molecular complexity index is 2250. The maximum atomic E-state index is 12.8. The van der Waals surface area contributed by atoms with Crippen molar-refractivity contribution in [1.82, 2.24) is 0 Å². The predicted molar refractivity (Wildman–Crippen MR) is 478 cm³/mol. The lowest BCUT2D eigenvalue weighted by atomic mass is 9.84. The highest BCUT2D eigenvalue weighted by molar-refractivity contribution is 6.04. The van der Waals surface area contributed by atoms with E-state index in [0.717, 1.165) is 88.2 Å². The summed E-state index contributed by atoms with van der Waals surface area (Å²) in [5, 5.41) is 20.8. The van der Waals surface area contributed by atoms with Crippen molar-refractivity contribution in [2.75, 3.05) is 13.2 Å². The maximum Gasteiger partial charge on any atom is 0.339 e. The number of aromatic carboxylic acids is 2. The number of carboxylic acid groups (broad SMARTS) is 2. The first-order chi connectivity index (χ1) is 54.2. The Balaban J connectivity index is 0.00000114. The smallest absolute Gasteiger partial charge is 0.339 e. The van der Waals surface area contributed by atoms with Crippen molar-refractivity contribution >= 4 is 23.9 Å². The zero-order chi connectivity index (χ0) is 79.6. The molecule has 0 aromatic heterocycles. The van der Waals surface area contributed by atoms with E-state index in [4.69, 9.17) is 9.47 Å². The zero-order valence-corrected chi connectivity index (χ0v) is 74.0. The van der Waals surface area contributed by atoms with Crippen LogP contribution in [0.3, 0.4) is 0 Å². The second-order valence-corrected chi connectivity index (χ2v) is 34.2. The number of hydrogen-bond acceptors (Lipinski definition) is 6. The first kappa shape index (κ1) is 104. The predicted octanol–water partition coefficient (Wildman–Crippen LogP) is 34.5. The molecule has 0 radical (unpaired) electrons. The largest absolute Gasteiger partial charge is 0.478 e. The first-order valence-corrected chi connectivity index (χ1v) is 49.3. The van der Waals surface area contributed by atoms with Crippen LogP contribution in [0.5, 0.6) is 0 Å². The van der Waals surface area contributed by atoms with E-state index >= 15 is 0 Å². The van der Waals surface area contributed by atoms with Gasteiger partial charge < -0.3 is 19.7 Å². The van der Waals surface area contributed by atoms with E-state index in [2.05, 4.69) is 34.6 Å². The average Bonchev–Trinajstić information content (AvgIpc) is 0.782. The van der Waals surface area contributed by atoms with Gasteiger partial charge in [-0.25, -0.2) is 19.2 Å². The average molecular weight is 1540 g/mol. The van der Waals surface area contributed by atoms with Crippen LogP contribution in [0.25, 0.3) is 0 Å². The molecule has 0 unspecified atom stereocenters. The third-order valence-electron chi connectivity index (χ3n) is 23.8. The Morgan fingerprint density at radius 2 is 0.418 bits per heavy atom. The van der Waals surface area contributed by atoms with Gasteiger partial charge in [-0.1, -0.05) is 503 Å². The van der Waals surface area contributed by atoms with Gasteiger partial charge in [0.25, 0.3) is 0 Å². The summed E-state index contributed by atoms with van der Waals surface area (Å²) in [4.78, 5) is 50.9. The van der Waals surface area contributed by atoms with Crippen LogP contribution >= 0.6 is 0 Å². The molecule has 0 spiro atoms. The third kappa shape index (κ3) is 64.6. The van der Waals surface area contributed by atoms with Gasteiger partial charge in [0.1, 0.15) is 0 Å². The summed E-state index contributed by atoms with van der Waals surface area (Å²) in [6.07, 6.45) is 102. The van der Waals surface area contributed by atoms with Crippen molar-refractivity contribution < 1.29 is 38.9 Å². The van der Waals surface area contributed by atoms with Crippen LogP contribution in [0.4, 0.5) is 0 Å². The molecule has 2 rings (SSSR count). The van der Waals surface area contributed by atoms with E-state index in [1.807, 2.05) is 0 Å². The fourth-order valence-electron chi connectivity index (χ4n) is 16.5. The number of esters is 2. The lowest BCUT2D eigenvalue weighted by molar-refractivity contribution is 0.0450. The van der Waals surface area contributed by atoms with Gasteiger partial charge in [0.2, 0.25) is 0 Å². The van der Waals surface area contributed by atoms with Gasteiger partial charge in [-0.3, -0.25) is 0 Å². The number of ether oxygens (including phenoxy) is 2. The molecule has 640 valence electrons. The molecule has 8 heteroatoms. The SMILES string of the molecule is CCCCCCCCCCCCCCCCCCOC(=O)c1ccccc1C(=O)OCCCCCCCCCCCCCCCCCC.CCCCCCCCCCCCCCCCCCc1c(CCCCCCCCCCCCCCCC)c(CCCCCCCCCCCCCCCC)cc(C(=O)O)c1C(=O)O. The van der Waals surface area contributed by atoms with Crippen molar-refractivity contribution in [3.63, 3.8) is 0 Å². The Morgan fingerprint density at radius 3 is 0.627 bits per heavy atom. The van der Waals surface area contributed by atoms with Gasteiger partial charge in [-0.2, -0.15) is 0 Å². The summed E-state index contributed by atoms with van der Waals surface area (Å²) < 4.78 is 11.1. The summed E-state index contributed by atoms with van der Waals surface area (Å²) in [5.74, 6) is -3.02. The number of carboxylic acids is 2. The molecule has 2 aromatic rings. The summed E-state index contributed by atoms with van der Waals surface area (Å²) >= 11 is 0. The highest BCUT2D eigenvalue weighted by atomic mass is 16.5. The van der Waals surface area contributed by atoms with Gasteiger partial charge >= 0.3 is 23.9 Å². The lowest BCUT2D eigenvalue weighted by Gasteiger charge is -2.20. The van der Waals surface area contributed by atoms with Gasteiger partial charge in [0.15, 0.2) is 0 Å². The Hall–Kier alpha value is -3.68. The van der Waals surface area contributed by atoms with Gasteiger partial charge in [-0.05, 0) is 86.3 Å². The lowest BCUT2D eigenvalue weighted by Crippen LogP contribution is -2.16.